The number of aromatic nitrogens is 1. The Morgan fingerprint density at radius 1 is 1.23 bits per heavy atom. The van der Waals surface area contributed by atoms with Crippen molar-refractivity contribution in [3.05, 3.63) is 29.1 Å². The molecule has 0 unspecified atom stereocenters. The van der Waals surface area contributed by atoms with Gasteiger partial charge in [-0.15, -0.1) is 0 Å². The summed E-state index contributed by atoms with van der Waals surface area (Å²) in [5, 5.41) is 0. The Balaban J connectivity index is 3.10. The Kier molecular flexibility index (Phi) is 2.74. The summed E-state index contributed by atoms with van der Waals surface area (Å²) >= 11 is 0. The summed E-state index contributed by atoms with van der Waals surface area (Å²) in [5.41, 5.74) is 3.84. The van der Waals surface area contributed by atoms with E-state index in [1.807, 2.05) is 0 Å². The molecule has 1 aromatic rings. The normalized spacial score (nSPS) is 11.8. The predicted molar refractivity (Wildman–Crippen MR) is 57.0 cm³/mol. The van der Waals surface area contributed by atoms with E-state index in [9.17, 15) is 0 Å². The van der Waals surface area contributed by atoms with Gasteiger partial charge in [0.05, 0.1) is 0 Å². The first-order chi connectivity index (χ1) is 5.97. The summed E-state index contributed by atoms with van der Waals surface area (Å²) < 4.78 is 0. The molecule has 1 heterocycles. The van der Waals surface area contributed by atoms with E-state index in [1.54, 1.807) is 0 Å². The Labute approximate surface area is 81.2 Å². The molecule has 72 valence electrons. The molecule has 1 heteroatoms. The zero-order valence-corrected chi connectivity index (χ0v) is 9.31. The zero-order chi connectivity index (χ0) is 10.1. The second-order valence-corrected chi connectivity index (χ2v) is 4.34. The van der Waals surface area contributed by atoms with Crippen LogP contribution in [0.3, 0.4) is 0 Å². The molecule has 1 aromatic heterocycles. The minimum Gasteiger partial charge on any atom is -0.257 e. The van der Waals surface area contributed by atoms with Crippen molar-refractivity contribution in [2.75, 3.05) is 0 Å². The molecule has 0 aliphatic heterocycles. The Morgan fingerprint density at radius 2 is 1.85 bits per heavy atom. The fourth-order valence-corrected chi connectivity index (χ4v) is 1.19. The van der Waals surface area contributed by atoms with Crippen LogP contribution in [0.5, 0.6) is 0 Å². The van der Waals surface area contributed by atoms with E-state index < -0.39 is 0 Å². The highest BCUT2D eigenvalue weighted by molar-refractivity contribution is 5.24. The van der Waals surface area contributed by atoms with Crippen LogP contribution in [-0.2, 0) is 5.41 Å². The lowest BCUT2D eigenvalue weighted by atomic mass is 9.86. The molecule has 0 N–H and O–H groups in total. The van der Waals surface area contributed by atoms with Gasteiger partial charge < -0.3 is 0 Å². The summed E-state index contributed by atoms with van der Waals surface area (Å²) in [6.45, 7) is 10.9. The van der Waals surface area contributed by atoms with Gasteiger partial charge in [0.2, 0.25) is 0 Å². The van der Waals surface area contributed by atoms with Gasteiger partial charge in [-0.05, 0) is 31.9 Å². The molecule has 1 rings (SSSR count). The van der Waals surface area contributed by atoms with Crippen LogP contribution in [0, 0.1) is 13.8 Å². The van der Waals surface area contributed by atoms with Crippen molar-refractivity contribution in [3.8, 4) is 0 Å². The van der Waals surface area contributed by atoms with Crippen molar-refractivity contribution < 1.29 is 0 Å². The van der Waals surface area contributed by atoms with Crippen LogP contribution in [0.25, 0.3) is 0 Å². The van der Waals surface area contributed by atoms with Crippen molar-refractivity contribution in [2.45, 2.75) is 46.5 Å². The number of hydrogen-bond acceptors (Lipinski definition) is 1. The monoisotopic (exact) mass is 177 g/mol. The summed E-state index contributed by atoms with van der Waals surface area (Å²) in [5.74, 6) is 0. The largest absolute Gasteiger partial charge is 0.257 e. The van der Waals surface area contributed by atoms with E-state index in [4.69, 9.17) is 0 Å². The first kappa shape index (κ1) is 10.2. The summed E-state index contributed by atoms with van der Waals surface area (Å²) in [7, 11) is 0. The highest BCUT2D eigenvalue weighted by Crippen LogP contribution is 2.25. The Hall–Kier alpha value is -0.850. The second-order valence-electron chi connectivity index (χ2n) is 4.34. The lowest BCUT2D eigenvalue weighted by Crippen LogP contribution is -2.17. The standard InChI is InChI=1S/C12H19N/c1-6-12(4,5)11-8-7-9(2)10(3)13-11/h7-8H,6H2,1-5H3. The van der Waals surface area contributed by atoms with E-state index in [0.29, 0.717) is 0 Å². The molecule has 1 nitrogen and oxygen atoms in total. The molecule has 0 spiro atoms. The van der Waals surface area contributed by atoms with Crippen molar-refractivity contribution in [1.29, 1.82) is 0 Å². The van der Waals surface area contributed by atoms with Gasteiger partial charge >= 0.3 is 0 Å². The molecule has 0 radical (unpaired) electrons. The first-order valence-corrected chi connectivity index (χ1v) is 4.92. The number of pyridine rings is 1. The van der Waals surface area contributed by atoms with Crippen molar-refractivity contribution >= 4 is 0 Å². The lowest BCUT2D eigenvalue weighted by Gasteiger charge is -2.22. The van der Waals surface area contributed by atoms with Crippen LogP contribution in [0.4, 0.5) is 0 Å². The SMILES string of the molecule is CCC(C)(C)c1ccc(C)c(C)n1. The fraction of sp³-hybridized carbons (Fsp3) is 0.583. The van der Waals surface area contributed by atoms with Crippen molar-refractivity contribution in [2.24, 2.45) is 0 Å². The summed E-state index contributed by atoms with van der Waals surface area (Å²) in [6, 6.07) is 4.31. The van der Waals surface area contributed by atoms with E-state index >= 15 is 0 Å². The van der Waals surface area contributed by atoms with Crippen LogP contribution < -0.4 is 0 Å². The van der Waals surface area contributed by atoms with Gasteiger partial charge in [0.25, 0.3) is 0 Å². The van der Waals surface area contributed by atoms with Gasteiger partial charge in [0, 0.05) is 16.8 Å². The van der Waals surface area contributed by atoms with Gasteiger partial charge in [0.1, 0.15) is 0 Å². The Morgan fingerprint density at radius 3 is 2.31 bits per heavy atom. The summed E-state index contributed by atoms with van der Waals surface area (Å²) in [6.07, 6.45) is 1.13. The maximum absolute atomic E-state index is 4.62. The van der Waals surface area contributed by atoms with Gasteiger partial charge in [-0.2, -0.15) is 0 Å². The molecule has 0 aliphatic carbocycles. The molecule has 0 aromatic carbocycles. The van der Waals surface area contributed by atoms with Gasteiger partial charge in [-0.3, -0.25) is 4.98 Å². The van der Waals surface area contributed by atoms with E-state index in [0.717, 1.165) is 12.1 Å². The number of nitrogens with zero attached hydrogens (tertiary/aromatic N) is 1. The molecular formula is C12H19N. The highest BCUT2D eigenvalue weighted by Gasteiger charge is 2.19. The van der Waals surface area contributed by atoms with Crippen LogP contribution >= 0.6 is 0 Å². The molecule has 0 aliphatic rings. The molecule has 0 amide bonds. The third kappa shape index (κ3) is 2.09. The average molecular weight is 177 g/mol. The minimum absolute atomic E-state index is 0.207. The number of hydrogen-bond donors (Lipinski definition) is 0. The molecule has 0 saturated heterocycles. The molecular weight excluding hydrogens is 158 g/mol. The van der Waals surface area contributed by atoms with Crippen molar-refractivity contribution in [3.63, 3.8) is 0 Å². The lowest BCUT2D eigenvalue weighted by molar-refractivity contribution is 0.489. The Bertz CT molecular complexity index is 300. The van der Waals surface area contributed by atoms with Crippen LogP contribution in [-0.4, -0.2) is 4.98 Å². The van der Waals surface area contributed by atoms with Gasteiger partial charge in [-0.1, -0.05) is 26.8 Å². The van der Waals surface area contributed by atoms with E-state index in [2.05, 4.69) is 51.7 Å². The maximum atomic E-state index is 4.62. The summed E-state index contributed by atoms with van der Waals surface area (Å²) in [4.78, 5) is 4.62. The maximum Gasteiger partial charge on any atom is 0.0463 e. The second kappa shape index (κ2) is 3.49. The molecule has 0 fully saturated rings. The van der Waals surface area contributed by atoms with Crippen LogP contribution in [0.15, 0.2) is 12.1 Å². The number of rotatable bonds is 2. The van der Waals surface area contributed by atoms with Crippen LogP contribution in [0.2, 0.25) is 0 Å². The van der Waals surface area contributed by atoms with Crippen molar-refractivity contribution in [1.82, 2.24) is 4.98 Å². The third-order valence-electron chi connectivity index (χ3n) is 2.93. The molecule has 0 atom stereocenters. The highest BCUT2D eigenvalue weighted by atomic mass is 14.7. The first-order valence-electron chi connectivity index (χ1n) is 4.92. The van der Waals surface area contributed by atoms with Crippen LogP contribution in [0.1, 0.15) is 44.1 Å². The third-order valence-corrected chi connectivity index (χ3v) is 2.93. The zero-order valence-electron chi connectivity index (χ0n) is 9.31. The average Bonchev–Trinajstić information content (AvgIpc) is 2.09. The molecule has 0 bridgehead atoms. The smallest absolute Gasteiger partial charge is 0.0463 e. The predicted octanol–water partition coefficient (Wildman–Crippen LogP) is 3.39. The van der Waals surface area contributed by atoms with Gasteiger partial charge in [0.15, 0.2) is 0 Å². The van der Waals surface area contributed by atoms with E-state index in [-0.39, 0.29) is 5.41 Å². The van der Waals surface area contributed by atoms with E-state index in [1.165, 1.54) is 11.3 Å². The quantitative estimate of drug-likeness (QED) is 0.674. The molecule has 0 saturated carbocycles. The minimum atomic E-state index is 0.207. The topological polar surface area (TPSA) is 12.9 Å². The van der Waals surface area contributed by atoms with Gasteiger partial charge in [-0.25, -0.2) is 0 Å². The molecule has 13 heavy (non-hydrogen) atoms. The number of aryl methyl sites for hydroxylation is 2. The fourth-order valence-electron chi connectivity index (χ4n) is 1.19.